The lowest BCUT2D eigenvalue weighted by Gasteiger charge is -2.20. The van der Waals surface area contributed by atoms with Crippen LogP contribution in [-0.4, -0.2) is 13.2 Å². The molecule has 1 rings (SSSR count). The quantitative estimate of drug-likeness (QED) is 0.865. The molecule has 0 aliphatic carbocycles. The van der Waals surface area contributed by atoms with Crippen LogP contribution in [0.3, 0.4) is 0 Å². The molecule has 4 heteroatoms. The zero-order chi connectivity index (χ0) is 13.7. The molecule has 0 bridgehead atoms. The van der Waals surface area contributed by atoms with E-state index in [0.29, 0.717) is 19.1 Å². The molecule has 0 saturated carbocycles. The fourth-order valence-corrected chi connectivity index (χ4v) is 2.29. The van der Waals surface area contributed by atoms with E-state index in [0.717, 1.165) is 21.5 Å². The van der Waals surface area contributed by atoms with E-state index in [1.165, 1.54) is 0 Å². The largest absolute Gasteiger partial charge is 0.490 e. The number of nitrogens with two attached hydrogens (primary N) is 1. The Morgan fingerprint density at radius 1 is 1.11 bits per heavy atom. The van der Waals surface area contributed by atoms with E-state index in [1.807, 2.05) is 26.0 Å². The van der Waals surface area contributed by atoms with Crippen LogP contribution in [0.2, 0.25) is 0 Å². The molecule has 18 heavy (non-hydrogen) atoms. The minimum Gasteiger partial charge on any atom is -0.490 e. The van der Waals surface area contributed by atoms with Gasteiger partial charge in [-0.2, -0.15) is 0 Å². The first-order chi connectivity index (χ1) is 8.51. The van der Waals surface area contributed by atoms with E-state index >= 15 is 0 Å². The Hall–Kier alpha value is -0.740. The molecule has 0 heterocycles. The lowest BCUT2D eigenvalue weighted by Crippen LogP contribution is -2.17. The van der Waals surface area contributed by atoms with Gasteiger partial charge in [0.2, 0.25) is 0 Å². The molecule has 0 amide bonds. The maximum atomic E-state index is 6.20. The number of ether oxygens (including phenoxy) is 2. The van der Waals surface area contributed by atoms with Crippen molar-refractivity contribution in [2.24, 2.45) is 11.7 Å². The van der Waals surface area contributed by atoms with Crippen LogP contribution >= 0.6 is 15.9 Å². The van der Waals surface area contributed by atoms with Gasteiger partial charge < -0.3 is 15.2 Å². The summed E-state index contributed by atoms with van der Waals surface area (Å²) in [5.41, 5.74) is 7.25. The SMILES string of the molecule is CCOc1cc(Br)c(C(N)C(C)C)cc1OCC. The highest BCUT2D eigenvalue weighted by molar-refractivity contribution is 9.10. The molecular weight excluding hydrogens is 294 g/mol. The number of rotatable bonds is 6. The third-order valence-corrected chi connectivity index (χ3v) is 3.43. The Bertz CT molecular complexity index is 394. The second-order valence-electron chi connectivity index (χ2n) is 4.46. The van der Waals surface area contributed by atoms with Gasteiger partial charge >= 0.3 is 0 Å². The molecule has 1 atom stereocenters. The fourth-order valence-electron chi connectivity index (χ4n) is 1.70. The minimum atomic E-state index is -0.0192. The van der Waals surface area contributed by atoms with E-state index in [4.69, 9.17) is 15.2 Å². The Morgan fingerprint density at radius 3 is 2.06 bits per heavy atom. The molecule has 3 nitrogen and oxygen atoms in total. The van der Waals surface area contributed by atoms with Crippen molar-refractivity contribution in [2.45, 2.75) is 33.7 Å². The van der Waals surface area contributed by atoms with Crippen molar-refractivity contribution in [3.05, 3.63) is 22.2 Å². The number of hydrogen-bond donors (Lipinski definition) is 1. The molecular formula is C14H22BrNO2. The summed E-state index contributed by atoms with van der Waals surface area (Å²) in [4.78, 5) is 0. The standard InChI is InChI=1S/C14H22BrNO2/c1-5-17-12-7-10(14(16)9(3)4)11(15)8-13(12)18-6-2/h7-9,14H,5-6,16H2,1-4H3. The van der Waals surface area contributed by atoms with Gasteiger partial charge in [-0.1, -0.05) is 29.8 Å². The van der Waals surface area contributed by atoms with Gasteiger partial charge in [0, 0.05) is 10.5 Å². The number of halogens is 1. The van der Waals surface area contributed by atoms with Gasteiger partial charge in [0.1, 0.15) is 0 Å². The molecule has 0 fully saturated rings. The summed E-state index contributed by atoms with van der Waals surface area (Å²) < 4.78 is 12.2. The first-order valence-corrected chi connectivity index (χ1v) is 7.15. The lowest BCUT2D eigenvalue weighted by molar-refractivity contribution is 0.287. The monoisotopic (exact) mass is 315 g/mol. The zero-order valence-electron chi connectivity index (χ0n) is 11.5. The Morgan fingerprint density at radius 2 is 1.61 bits per heavy atom. The predicted octanol–water partition coefficient (Wildman–Crippen LogP) is 3.90. The summed E-state index contributed by atoms with van der Waals surface area (Å²) in [6.45, 7) is 9.35. The third-order valence-electron chi connectivity index (χ3n) is 2.74. The number of benzene rings is 1. The normalized spacial score (nSPS) is 12.6. The van der Waals surface area contributed by atoms with Crippen molar-refractivity contribution in [1.82, 2.24) is 0 Å². The third kappa shape index (κ3) is 3.62. The average Bonchev–Trinajstić information content (AvgIpc) is 2.32. The van der Waals surface area contributed by atoms with Crippen LogP contribution in [-0.2, 0) is 0 Å². The molecule has 102 valence electrons. The van der Waals surface area contributed by atoms with Crippen LogP contribution in [0.5, 0.6) is 11.5 Å². The molecule has 0 saturated heterocycles. The minimum absolute atomic E-state index is 0.0192. The van der Waals surface area contributed by atoms with E-state index in [-0.39, 0.29) is 6.04 Å². The Kier molecular flexibility index (Phi) is 5.96. The first-order valence-electron chi connectivity index (χ1n) is 6.35. The lowest BCUT2D eigenvalue weighted by atomic mass is 9.97. The molecule has 0 radical (unpaired) electrons. The highest BCUT2D eigenvalue weighted by Gasteiger charge is 2.17. The summed E-state index contributed by atoms with van der Waals surface area (Å²) in [5, 5.41) is 0. The number of hydrogen-bond acceptors (Lipinski definition) is 3. The predicted molar refractivity (Wildman–Crippen MR) is 78.2 cm³/mol. The van der Waals surface area contributed by atoms with E-state index in [2.05, 4.69) is 29.8 Å². The zero-order valence-corrected chi connectivity index (χ0v) is 13.1. The maximum absolute atomic E-state index is 6.20. The highest BCUT2D eigenvalue weighted by Crippen LogP contribution is 2.37. The van der Waals surface area contributed by atoms with Crippen molar-refractivity contribution >= 4 is 15.9 Å². The summed E-state index contributed by atoms with van der Waals surface area (Å²) in [6.07, 6.45) is 0. The van der Waals surface area contributed by atoms with E-state index in [1.54, 1.807) is 0 Å². The summed E-state index contributed by atoms with van der Waals surface area (Å²) in [5.74, 6) is 1.88. The summed E-state index contributed by atoms with van der Waals surface area (Å²) in [6, 6.07) is 3.89. The second kappa shape index (κ2) is 7.00. The summed E-state index contributed by atoms with van der Waals surface area (Å²) in [7, 11) is 0. The van der Waals surface area contributed by atoms with Gasteiger partial charge in [-0.15, -0.1) is 0 Å². The van der Waals surface area contributed by atoms with Crippen LogP contribution in [0.25, 0.3) is 0 Å². The van der Waals surface area contributed by atoms with Crippen molar-refractivity contribution in [1.29, 1.82) is 0 Å². The van der Waals surface area contributed by atoms with Gasteiger partial charge in [0.05, 0.1) is 13.2 Å². The van der Waals surface area contributed by atoms with Crippen molar-refractivity contribution in [3.8, 4) is 11.5 Å². The maximum Gasteiger partial charge on any atom is 0.162 e. The molecule has 2 N–H and O–H groups in total. The molecule has 0 aliphatic heterocycles. The van der Waals surface area contributed by atoms with Crippen LogP contribution < -0.4 is 15.2 Å². The second-order valence-corrected chi connectivity index (χ2v) is 5.31. The average molecular weight is 316 g/mol. The van der Waals surface area contributed by atoms with Gasteiger partial charge in [-0.25, -0.2) is 0 Å². The summed E-state index contributed by atoms with van der Waals surface area (Å²) >= 11 is 3.56. The molecule has 0 spiro atoms. The van der Waals surface area contributed by atoms with E-state index < -0.39 is 0 Å². The van der Waals surface area contributed by atoms with Crippen molar-refractivity contribution in [3.63, 3.8) is 0 Å². The molecule has 0 aromatic heterocycles. The van der Waals surface area contributed by atoms with Gasteiger partial charge in [0.25, 0.3) is 0 Å². The fraction of sp³-hybridized carbons (Fsp3) is 0.571. The van der Waals surface area contributed by atoms with Crippen molar-refractivity contribution in [2.75, 3.05) is 13.2 Å². The molecule has 1 aromatic rings. The van der Waals surface area contributed by atoms with Gasteiger partial charge in [-0.3, -0.25) is 0 Å². The molecule has 1 unspecified atom stereocenters. The van der Waals surface area contributed by atoms with Crippen LogP contribution in [0.15, 0.2) is 16.6 Å². The van der Waals surface area contributed by atoms with Gasteiger partial charge in [-0.05, 0) is 37.5 Å². The van der Waals surface area contributed by atoms with Gasteiger partial charge in [0.15, 0.2) is 11.5 Å². The van der Waals surface area contributed by atoms with E-state index in [9.17, 15) is 0 Å². The highest BCUT2D eigenvalue weighted by atomic mass is 79.9. The van der Waals surface area contributed by atoms with Crippen LogP contribution in [0, 0.1) is 5.92 Å². The van der Waals surface area contributed by atoms with Crippen LogP contribution in [0.4, 0.5) is 0 Å². The smallest absolute Gasteiger partial charge is 0.162 e. The Balaban J connectivity index is 3.17. The van der Waals surface area contributed by atoms with Crippen molar-refractivity contribution < 1.29 is 9.47 Å². The molecule has 1 aromatic carbocycles. The Labute approximate surface area is 118 Å². The first kappa shape index (κ1) is 15.3. The van der Waals surface area contributed by atoms with Crippen LogP contribution in [0.1, 0.15) is 39.3 Å². The topological polar surface area (TPSA) is 44.5 Å². The molecule has 0 aliphatic rings.